The van der Waals surface area contributed by atoms with E-state index in [4.69, 9.17) is 9.47 Å². The van der Waals surface area contributed by atoms with E-state index >= 15 is 0 Å². The fourth-order valence-corrected chi connectivity index (χ4v) is 6.45. The van der Waals surface area contributed by atoms with Crippen LogP contribution in [0.4, 0.5) is 0 Å². The molecule has 8 nitrogen and oxygen atoms in total. The van der Waals surface area contributed by atoms with Gasteiger partial charge in [-0.1, -0.05) is 153 Å². The minimum Gasteiger partial charge on any atom is -0.478 e. The molecule has 52 heavy (non-hydrogen) atoms. The molecule has 0 radical (unpaired) electrons. The molecule has 0 aliphatic heterocycles. The van der Waals surface area contributed by atoms with Crippen molar-refractivity contribution >= 4 is 23.9 Å². The summed E-state index contributed by atoms with van der Waals surface area (Å²) in [7, 11) is 0. The lowest BCUT2D eigenvalue weighted by Crippen LogP contribution is -2.19. The Labute approximate surface area is 314 Å². The number of benzene rings is 1. The van der Waals surface area contributed by atoms with E-state index in [-0.39, 0.29) is 24.3 Å². The zero-order chi connectivity index (χ0) is 38.1. The molecule has 0 fully saturated rings. The van der Waals surface area contributed by atoms with Gasteiger partial charge in [0.15, 0.2) is 0 Å². The Bertz CT molecular complexity index is 1070. The summed E-state index contributed by atoms with van der Waals surface area (Å²) in [4.78, 5) is 49.6. The summed E-state index contributed by atoms with van der Waals surface area (Å²) in [6.07, 6.45) is 36.6. The van der Waals surface area contributed by atoms with Gasteiger partial charge < -0.3 is 19.7 Å². The monoisotopic (exact) mass is 727 g/mol. The van der Waals surface area contributed by atoms with Gasteiger partial charge in [-0.25, -0.2) is 19.2 Å². The number of unbranched alkanes of at least 4 members (excludes halogenated alkanes) is 26. The van der Waals surface area contributed by atoms with E-state index in [1.807, 2.05) is 12.2 Å². The molecule has 0 atom stereocenters. The predicted octanol–water partition coefficient (Wildman–Crippen LogP) is 12.7. The molecule has 8 heteroatoms. The Balaban J connectivity index is 2.37. The van der Waals surface area contributed by atoms with Crippen molar-refractivity contribution in [2.45, 2.75) is 180 Å². The Hall–Kier alpha value is -3.42. The molecule has 0 bridgehead atoms. The average Bonchev–Trinajstić information content (AvgIpc) is 3.13. The molecule has 294 valence electrons. The van der Waals surface area contributed by atoms with Gasteiger partial charge in [-0.2, -0.15) is 0 Å². The molecule has 1 aromatic rings. The minimum atomic E-state index is -1.51. The van der Waals surface area contributed by atoms with Gasteiger partial charge in [0.1, 0.15) is 0 Å². The molecule has 0 amide bonds. The lowest BCUT2D eigenvalue weighted by Gasteiger charge is -2.13. The second-order valence-corrected chi connectivity index (χ2v) is 14.2. The third kappa shape index (κ3) is 23.2. The fraction of sp³-hybridized carbons (Fsp3) is 0.682. The van der Waals surface area contributed by atoms with E-state index in [1.165, 1.54) is 116 Å². The second kappa shape index (κ2) is 32.2. The van der Waals surface area contributed by atoms with Crippen LogP contribution in [-0.2, 0) is 9.47 Å². The number of allylic oxidation sites excluding steroid dienone is 2. The van der Waals surface area contributed by atoms with Crippen LogP contribution < -0.4 is 0 Å². The van der Waals surface area contributed by atoms with E-state index in [1.54, 1.807) is 0 Å². The number of ether oxygens (including phenoxy) is 2. The van der Waals surface area contributed by atoms with Crippen molar-refractivity contribution in [1.82, 2.24) is 0 Å². The average molecular weight is 727 g/mol. The fourth-order valence-electron chi connectivity index (χ4n) is 6.45. The SMILES string of the molecule is C=CCCCCCCCCCCCCCCCOC(=O)c1cc(C(=O)O)c(C(=O)O)cc1C(=O)OCCCCCCCCCCCCCCCC=C. The molecule has 0 unspecified atom stereocenters. The molecule has 0 spiro atoms. The van der Waals surface area contributed by atoms with E-state index in [9.17, 15) is 29.4 Å². The summed E-state index contributed by atoms with van der Waals surface area (Å²) in [5.74, 6) is -4.76. The van der Waals surface area contributed by atoms with Gasteiger partial charge in [-0.15, -0.1) is 13.2 Å². The highest BCUT2D eigenvalue weighted by atomic mass is 16.5. The number of hydrogen-bond donors (Lipinski definition) is 2. The van der Waals surface area contributed by atoms with E-state index in [0.717, 1.165) is 63.5 Å². The van der Waals surface area contributed by atoms with Crippen LogP contribution in [0, 0.1) is 0 Å². The molecule has 0 aliphatic rings. The number of rotatable bonds is 36. The van der Waals surface area contributed by atoms with Gasteiger partial charge in [0.25, 0.3) is 0 Å². The van der Waals surface area contributed by atoms with Crippen molar-refractivity contribution < 1.29 is 38.9 Å². The van der Waals surface area contributed by atoms with Crippen LogP contribution >= 0.6 is 0 Å². The van der Waals surface area contributed by atoms with Crippen LogP contribution in [-0.4, -0.2) is 47.3 Å². The molecular weight excluding hydrogens is 656 g/mol. The molecular formula is C44H70O8. The largest absolute Gasteiger partial charge is 0.478 e. The Morgan fingerprint density at radius 2 is 0.635 bits per heavy atom. The number of carbonyl (C=O) groups excluding carboxylic acids is 2. The zero-order valence-corrected chi connectivity index (χ0v) is 32.3. The Morgan fingerprint density at radius 3 is 0.865 bits per heavy atom. The maximum absolute atomic E-state index is 13.0. The summed E-state index contributed by atoms with van der Waals surface area (Å²) in [6.45, 7) is 7.78. The first-order valence-electron chi connectivity index (χ1n) is 20.5. The first-order chi connectivity index (χ1) is 25.3. The van der Waals surface area contributed by atoms with Crippen LogP contribution in [0.3, 0.4) is 0 Å². The van der Waals surface area contributed by atoms with Gasteiger partial charge in [0, 0.05) is 0 Å². The van der Waals surface area contributed by atoms with Crippen LogP contribution in [0.2, 0.25) is 0 Å². The van der Waals surface area contributed by atoms with Gasteiger partial charge >= 0.3 is 23.9 Å². The van der Waals surface area contributed by atoms with Gasteiger partial charge in [-0.05, 0) is 50.7 Å². The van der Waals surface area contributed by atoms with E-state index < -0.39 is 35.0 Å². The smallest absolute Gasteiger partial charge is 0.339 e. The summed E-state index contributed by atoms with van der Waals surface area (Å²) < 4.78 is 10.8. The highest BCUT2D eigenvalue weighted by molar-refractivity contribution is 6.09. The van der Waals surface area contributed by atoms with Crippen molar-refractivity contribution in [3.8, 4) is 0 Å². The van der Waals surface area contributed by atoms with Gasteiger partial charge in [-0.3, -0.25) is 0 Å². The van der Waals surface area contributed by atoms with Crippen LogP contribution in [0.15, 0.2) is 37.4 Å². The molecule has 0 heterocycles. The van der Waals surface area contributed by atoms with Crippen molar-refractivity contribution in [2.24, 2.45) is 0 Å². The number of carboxylic acid groups (broad SMARTS) is 2. The maximum Gasteiger partial charge on any atom is 0.339 e. The van der Waals surface area contributed by atoms with E-state index in [2.05, 4.69) is 13.2 Å². The number of esters is 2. The lowest BCUT2D eigenvalue weighted by atomic mass is 9.98. The lowest BCUT2D eigenvalue weighted by molar-refractivity contribution is 0.0449. The standard InChI is InChI=1S/C44H70O8/c1-3-5-7-9-11-13-15-17-19-21-23-25-27-29-31-33-51-43(49)39-35-37(41(45)46)38(42(47)48)36-40(39)44(50)52-34-32-30-28-26-24-22-20-18-16-14-12-10-8-6-4-2/h3-4,35-36H,1-2,5-34H2,(H,45,46)(H,47,48). The molecule has 0 saturated carbocycles. The van der Waals surface area contributed by atoms with Crippen LogP contribution in [0.25, 0.3) is 0 Å². The van der Waals surface area contributed by atoms with Crippen molar-refractivity contribution in [1.29, 1.82) is 0 Å². The first kappa shape index (κ1) is 46.6. The summed E-state index contributed by atoms with van der Waals surface area (Å²) >= 11 is 0. The maximum atomic E-state index is 13.0. The van der Waals surface area contributed by atoms with Crippen molar-refractivity contribution in [3.63, 3.8) is 0 Å². The summed E-state index contributed by atoms with van der Waals surface area (Å²) in [5.41, 5.74) is -1.76. The topological polar surface area (TPSA) is 127 Å². The highest BCUT2D eigenvalue weighted by Gasteiger charge is 2.27. The van der Waals surface area contributed by atoms with Gasteiger partial charge in [0.2, 0.25) is 0 Å². The van der Waals surface area contributed by atoms with E-state index in [0.29, 0.717) is 12.8 Å². The first-order valence-corrected chi connectivity index (χ1v) is 20.5. The highest BCUT2D eigenvalue weighted by Crippen LogP contribution is 2.22. The molecule has 0 aromatic heterocycles. The Kier molecular flexibility index (Phi) is 28.9. The second-order valence-electron chi connectivity index (χ2n) is 14.2. The molecule has 0 saturated heterocycles. The number of carbonyl (C=O) groups is 4. The third-order valence-corrected chi connectivity index (χ3v) is 9.63. The van der Waals surface area contributed by atoms with Crippen molar-refractivity contribution in [2.75, 3.05) is 13.2 Å². The molecule has 2 N–H and O–H groups in total. The summed E-state index contributed by atoms with van der Waals surface area (Å²) in [6, 6.07) is 1.83. The van der Waals surface area contributed by atoms with Crippen molar-refractivity contribution in [3.05, 3.63) is 59.7 Å². The number of aromatic carboxylic acids is 2. The molecule has 1 aromatic carbocycles. The van der Waals surface area contributed by atoms with Crippen LogP contribution in [0.1, 0.15) is 221 Å². The Morgan fingerprint density at radius 1 is 0.404 bits per heavy atom. The van der Waals surface area contributed by atoms with Gasteiger partial charge in [0.05, 0.1) is 35.5 Å². The number of hydrogen-bond acceptors (Lipinski definition) is 6. The number of carboxylic acids is 2. The third-order valence-electron chi connectivity index (χ3n) is 9.63. The molecule has 0 aliphatic carbocycles. The molecule has 1 rings (SSSR count). The zero-order valence-electron chi connectivity index (χ0n) is 32.3. The predicted molar refractivity (Wildman–Crippen MR) is 211 cm³/mol. The van der Waals surface area contributed by atoms with Crippen LogP contribution in [0.5, 0.6) is 0 Å². The summed E-state index contributed by atoms with van der Waals surface area (Å²) in [5, 5.41) is 19.2. The normalized spacial score (nSPS) is 10.9. The quantitative estimate of drug-likeness (QED) is 0.0397. The minimum absolute atomic E-state index is 0.125.